The first-order chi connectivity index (χ1) is 9.60. The van der Waals surface area contributed by atoms with Gasteiger partial charge in [-0.1, -0.05) is 19.1 Å². The van der Waals surface area contributed by atoms with Crippen molar-refractivity contribution in [2.45, 2.75) is 32.4 Å². The van der Waals surface area contributed by atoms with Crippen molar-refractivity contribution in [3.05, 3.63) is 29.6 Å². The molecule has 1 unspecified atom stereocenters. The molecule has 2 rings (SSSR count). The lowest BCUT2D eigenvalue weighted by Crippen LogP contribution is -2.35. The average molecular weight is 281 g/mol. The average Bonchev–Trinajstić information content (AvgIpc) is 2.92. The van der Waals surface area contributed by atoms with E-state index in [9.17, 15) is 4.39 Å². The highest BCUT2D eigenvalue weighted by atomic mass is 19.1. The van der Waals surface area contributed by atoms with Gasteiger partial charge in [0.05, 0.1) is 6.10 Å². The van der Waals surface area contributed by atoms with Crippen LogP contribution in [0.1, 0.15) is 25.3 Å². The smallest absolute Gasteiger partial charge is 0.423 e. The van der Waals surface area contributed by atoms with E-state index in [0.29, 0.717) is 6.54 Å². The third-order valence-electron chi connectivity index (χ3n) is 3.68. The van der Waals surface area contributed by atoms with Gasteiger partial charge in [0.25, 0.3) is 0 Å². The number of likely N-dealkylation sites (N-methyl/N-ethyl adjacent to an activating group) is 1. The first-order valence-electron chi connectivity index (χ1n) is 7.08. The fourth-order valence-electron chi connectivity index (χ4n) is 2.53. The normalized spacial score (nSPS) is 18.8. The largest absolute Gasteiger partial charge is 0.491 e. The Morgan fingerprint density at radius 1 is 1.45 bits per heavy atom. The first-order valence-corrected chi connectivity index (χ1v) is 7.08. The van der Waals surface area contributed by atoms with E-state index in [-0.39, 0.29) is 11.6 Å². The lowest BCUT2D eigenvalue weighted by Gasteiger charge is -2.24. The van der Waals surface area contributed by atoms with Crippen molar-refractivity contribution in [1.82, 2.24) is 4.90 Å². The minimum atomic E-state index is -1.77. The maximum absolute atomic E-state index is 13.4. The van der Waals surface area contributed by atoms with Crippen LogP contribution >= 0.6 is 0 Å². The molecule has 4 nitrogen and oxygen atoms in total. The molecule has 0 radical (unpaired) electrons. The van der Waals surface area contributed by atoms with Crippen molar-refractivity contribution in [2.75, 3.05) is 19.7 Å². The molecule has 6 heteroatoms. The van der Waals surface area contributed by atoms with E-state index in [1.165, 1.54) is 12.1 Å². The van der Waals surface area contributed by atoms with Crippen molar-refractivity contribution in [2.24, 2.45) is 0 Å². The Morgan fingerprint density at radius 2 is 2.25 bits per heavy atom. The van der Waals surface area contributed by atoms with Gasteiger partial charge in [0.2, 0.25) is 0 Å². The number of rotatable bonds is 6. The van der Waals surface area contributed by atoms with Gasteiger partial charge in [0.15, 0.2) is 0 Å². The van der Waals surface area contributed by atoms with E-state index in [2.05, 4.69) is 11.8 Å². The summed E-state index contributed by atoms with van der Waals surface area (Å²) in [6, 6.07) is 4.47. The lowest BCUT2D eigenvalue weighted by atomic mass is 9.79. The van der Waals surface area contributed by atoms with Gasteiger partial charge in [-0.3, -0.25) is 4.90 Å². The summed E-state index contributed by atoms with van der Waals surface area (Å²) in [7, 11) is -1.77. The molecular formula is C14H21BFNO3. The summed E-state index contributed by atoms with van der Waals surface area (Å²) in [5.74, 6) is -0.592. The van der Waals surface area contributed by atoms with Crippen molar-refractivity contribution in [3.63, 3.8) is 0 Å². The summed E-state index contributed by atoms with van der Waals surface area (Å²) in [6.45, 7) is 5.27. The highest BCUT2D eigenvalue weighted by molar-refractivity contribution is 6.58. The highest BCUT2D eigenvalue weighted by Crippen LogP contribution is 2.15. The summed E-state index contributed by atoms with van der Waals surface area (Å²) in [5.41, 5.74) is 0.796. The van der Waals surface area contributed by atoms with Crippen LogP contribution in [0.5, 0.6) is 0 Å². The molecule has 0 amide bonds. The van der Waals surface area contributed by atoms with Crippen LogP contribution in [0.2, 0.25) is 0 Å². The summed E-state index contributed by atoms with van der Waals surface area (Å²) in [4.78, 5) is 2.22. The van der Waals surface area contributed by atoms with E-state index < -0.39 is 12.9 Å². The Bertz CT molecular complexity index is 438. The molecule has 1 aromatic rings. The number of hydrogen-bond donors (Lipinski definition) is 2. The standard InChI is InChI=1S/C14H21BFNO3/c1-2-17(10-12-4-3-7-20-12)9-11-5-6-14(16)13(8-11)15(18)19/h5-6,8,12,18-19H,2-4,7,9-10H2,1H3. The van der Waals surface area contributed by atoms with Gasteiger partial charge < -0.3 is 14.8 Å². The number of benzene rings is 1. The third-order valence-corrected chi connectivity index (χ3v) is 3.68. The van der Waals surface area contributed by atoms with E-state index in [1.807, 2.05) is 0 Å². The molecule has 1 fully saturated rings. The molecule has 0 bridgehead atoms. The topological polar surface area (TPSA) is 52.9 Å². The van der Waals surface area contributed by atoms with E-state index in [4.69, 9.17) is 14.8 Å². The van der Waals surface area contributed by atoms with Crippen LogP contribution in [0.4, 0.5) is 4.39 Å². The van der Waals surface area contributed by atoms with Crippen molar-refractivity contribution in [3.8, 4) is 0 Å². The van der Waals surface area contributed by atoms with Gasteiger partial charge in [-0.15, -0.1) is 0 Å². The molecule has 1 heterocycles. The van der Waals surface area contributed by atoms with Crippen LogP contribution in [-0.4, -0.2) is 47.9 Å². The maximum Gasteiger partial charge on any atom is 0.491 e. The van der Waals surface area contributed by atoms with Gasteiger partial charge in [0.1, 0.15) is 5.82 Å². The number of ether oxygens (including phenoxy) is 1. The summed E-state index contributed by atoms with van der Waals surface area (Å²) in [6.07, 6.45) is 2.47. The molecule has 0 spiro atoms. The minimum absolute atomic E-state index is 0.0735. The lowest BCUT2D eigenvalue weighted by molar-refractivity contribution is 0.0725. The van der Waals surface area contributed by atoms with Crippen LogP contribution in [0.15, 0.2) is 18.2 Å². The van der Waals surface area contributed by atoms with Gasteiger partial charge in [-0.2, -0.15) is 0 Å². The van der Waals surface area contributed by atoms with Crippen LogP contribution in [0.25, 0.3) is 0 Å². The summed E-state index contributed by atoms with van der Waals surface area (Å²) >= 11 is 0. The Labute approximate surface area is 119 Å². The van der Waals surface area contributed by atoms with Crippen LogP contribution in [-0.2, 0) is 11.3 Å². The molecule has 0 aromatic heterocycles. The maximum atomic E-state index is 13.4. The molecule has 1 atom stereocenters. The Morgan fingerprint density at radius 3 is 2.85 bits per heavy atom. The van der Waals surface area contributed by atoms with Gasteiger partial charge in [0, 0.05) is 25.2 Å². The summed E-state index contributed by atoms with van der Waals surface area (Å²) < 4.78 is 19.0. The second kappa shape index (κ2) is 7.17. The monoisotopic (exact) mass is 281 g/mol. The zero-order valence-corrected chi connectivity index (χ0v) is 11.8. The molecule has 20 heavy (non-hydrogen) atoms. The van der Waals surface area contributed by atoms with Gasteiger partial charge in [-0.05, 0) is 31.0 Å². The fourth-order valence-corrected chi connectivity index (χ4v) is 2.53. The second-order valence-electron chi connectivity index (χ2n) is 5.19. The van der Waals surface area contributed by atoms with E-state index in [0.717, 1.165) is 38.1 Å². The number of halogens is 1. The molecule has 0 aliphatic carbocycles. The summed E-state index contributed by atoms with van der Waals surface area (Å²) in [5, 5.41) is 18.3. The van der Waals surface area contributed by atoms with Crippen molar-refractivity contribution >= 4 is 12.6 Å². The first kappa shape index (κ1) is 15.4. The van der Waals surface area contributed by atoms with Crippen LogP contribution < -0.4 is 5.46 Å². The third kappa shape index (κ3) is 4.02. The van der Waals surface area contributed by atoms with Crippen LogP contribution in [0.3, 0.4) is 0 Å². The highest BCUT2D eigenvalue weighted by Gasteiger charge is 2.20. The quantitative estimate of drug-likeness (QED) is 0.746. The Balaban J connectivity index is 2.01. The number of hydrogen-bond acceptors (Lipinski definition) is 4. The van der Waals surface area contributed by atoms with Crippen molar-refractivity contribution in [1.29, 1.82) is 0 Å². The van der Waals surface area contributed by atoms with Gasteiger partial charge >= 0.3 is 7.12 Å². The second-order valence-corrected chi connectivity index (χ2v) is 5.19. The molecule has 1 saturated heterocycles. The molecule has 0 saturated carbocycles. The molecular weight excluding hydrogens is 260 g/mol. The van der Waals surface area contributed by atoms with E-state index >= 15 is 0 Å². The predicted molar refractivity (Wildman–Crippen MR) is 76.2 cm³/mol. The Hall–Kier alpha value is -0.945. The fraction of sp³-hybridized carbons (Fsp3) is 0.571. The van der Waals surface area contributed by atoms with Crippen molar-refractivity contribution < 1.29 is 19.2 Å². The Kier molecular flexibility index (Phi) is 5.54. The molecule has 110 valence electrons. The van der Waals surface area contributed by atoms with Gasteiger partial charge in [-0.25, -0.2) is 4.39 Å². The van der Waals surface area contributed by atoms with Crippen LogP contribution in [0, 0.1) is 5.82 Å². The molecule has 2 N–H and O–H groups in total. The predicted octanol–water partition coefficient (Wildman–Crippen LogP) is 0.506. The zero-order chi connectivity index (χ0) is 14.5. The van der Waals surface area contributed by atoms with E-state index in [1.54, 1.807) is 6.07 Å². The molecule has 1 aliphatic rings. The molecule has 1 aromatic carbocycles. The zero-order valence-electron chi connectivity index (χ0n) is 11.8. The SMILES string of the molecule is CCN(Cc1ccc(F)c(B(O)O)c1)CC1CCCO1. The minimum Gasteiger partial charge on any atom is -0.423 e. The number of nitrogens with zero attached hydrogens (tertiary/aromatic N) is 1. The molecule has 1 aliphatic heterocycles.